The largest absolute Gasteiger partial charge is 0.508 e. The number of benzene rings is 1. The van der Waals surface area contributed by atoms with Gasteiger partial charge in [0.2, 0.25) is 0 Å². The van der Waals surface area contributed by atoms with Gasteiger partial charge in [-0.15, -0.1) is 0 Å². The average molecular weight is 351 g/mol. The molecule has 1 heterocycles. The van der Waals surface area contributed by atoms with Gasteiger partial charge in [0.15, 0.2) is 0 Å². The van der Waals surface area contributed by atoms with E-state index in [-0.39, 0.29) is 17.7 Å². The molecule has 2 N–H and O–H groups in total. The van der Waals surface area contributed by atoms with Crippen molar-refractivity contribution in [2.75, 3.05) is 0 Å². The van der Waals surface area contributed by atoms with Gasteiger partial charge in [-0.2, -0.15) is 0 Å². The number of hydrogen-bond donors (Lipinski definition) is 2. The fourth-order valence-corrected chi connectivity index (χ4v) is 2.70. The highest BCUT2D eigenvalue weighted by atomic mass is 79.9. The number of aryl methyl sites for hydroxylation is 1. The van der Waals surface area contributed by atoms with Crippen LogP contribution in [0.5, 0.6) is 5.75 Å². The highest BCUT2D eigenvalue weighted by molar-refractivity contribution is 9.10. The van der Waals surface area contributed by atoms with Crippen molar-refractivity contribution in [2.45, 2.75) is 32.9 Å². The summed E-state index contributed by atoms with van der Waals surface area (Å²) in [4.78, 5) is 12.4. The minimum atomic E-state index is -0.173. The van der Waals surface area contributed by atoms with Crippen molar-refractivity contribution < 1.29 is 9.90 Å². The lowest BCUT2D eigenvalue weighted by atomic mass is 10.1. The number of aromatic nitrogens is 1. The van der Waals surface area contributed by atoms with Crippen LogP contribution in [0.4, 0.5) is 0 Å². The molecule has 5 heteroatoms. The Morgan fingerprint density at radius 3 is 2.86 bits per heavy atom. The van der Waals surface area contributed by atoms with Crippen molar-refractivity contribution in [3.63, 3.8) is 0 Å². The Balaban J connectivity index is 2.14. The normalized spacial score (nSPS) is 12.1. The summed E-state index contributed by atoms with van der Waals surface area (Å²) in [7, 11) is 0. The number of amides is 1. The molecule has 0 fully saturated rings. The maximum Gasteiger partial charge on any atom is 0.268 e. The first kappa shape index (κ1) is 15.6. The molecule has 0 radical (unpaired) electrons. The van der Waals surface area contributed by atoms with Gasteiger partial charge in [0.25, 0.3) is 5.91 Å². The molecule has 0 aliphatic rings. The summed E-state index contributed by atoms with van der Waals surface area (Å²) in [5, 5.41) is 12.5. The quantitative estimate of drug-likeness (QED) is 0.860. The summed E-state index contributed by atoms with van der Waals surface area (Å²) in [5.41, 5.74) is 1.51. The molecule has 0 aliphatic heterocycles. The van der Waals surface area contributed by atoms with Gasteiger partial charge in [-0.3, -0.25) is 4.79 Å². The van der Waals surface area contributed by atoms with Crippen LogP contribution in [-0.4, -0.2) is 15.6 Å². The molecule has 1 amide bonds. The van der Waals surface area contributed by atoms with Crippen molar-refractivity contribution >= 4 is 21.8 Å². The fourth-order valence-electron chi connectivity index (χ4n) is 2.24. The Kier molecular flexibility index (Phi) is 5.07. The molecular formula is C16H19BrN2O2. The average Bonchev–Trinajstić information content (AvgIpc) is 2.80. The molecule has 0 bridgehead atoms. The van der Waals surface area contributed by atoms with Gasteiger partial charge in [0, 0.05) is 17.2 Å². The first-order chi connectivity index (χ1) is 10.0. The van der Waals surface area contributed by atoms with Crippen molar-refractivity contribution in [2.24, 2.45) is 0 Å². The maximum atomic E-state index is 12.4. The monoisotopic (exact) mass is 350 g/mol. The molecule has 112 valence electrons. The molecule has 4 nitrogen and oxygen atoms in total. The van der Waals surface area contributed by atoms with Crippen LogP contribution in [0.2, 0.25) is 0 Å². The van der Waals surface area contributed by atoms with Crippen molar-refractivity contribution in [3.05, 3.63) is 52.3 Å². The Morgan fingerprint density at radius 2 is 2.19 bits per heavy atom. The van der Waals surface area contributed by atoms with Crippen LogP contribution < -0.4 is 5.32 Å². The third-order valence-corrected chi connectivity index (χ3v) is 3.71. The van der Waals surface area contributed by atoms with Crippen molar-refractivity contribution in [1.29, 1.82) is 0 Å². The first-order valence-corrected chi connectivity index (χ1v) is 7.76. The van der Waals surface area contributed by atoms with Gasteiger partial charge in [-0.25, -0.2) is 0 Å². The zero-order valence-electron chi connectivity index (χ0n) is 12.1. The van der Waals surface area contributed by atoms with E-state index in [2.05, 4.69) is 28.2 Å². The van der Waals surface area contributed by atoms with Crippen LogP contribution in [0.25, 0.3) is 0 Å². The molecule has 21 heavy (non-hydrogen) atoms. The lowest BCUT2D eigenvalue weighted by molar-refractivity contribution is 0.0930. The lowest BCUT2D eigenvalue weighted by Gasteiger charge is -2.15. The number of phenolic OH excluding ortho intramolecular Hbond substituents is 1. The third-order valence-electron chi connectivity index (χ3n) is 3.28. The fraction of sp³-hybridized carbons (Fsp3) is 0.312. The highest BCUT2D eigenvalue weighted by Gasteiger charge is 2.16. The summed E-state index contributed by atoms with van der Waals surface area (Å²) in [5.74, 6) is 0.0793. The number of nitrogens with zero attached hydrogens (tertiary/aromatic N) is 1. The van der Waals surface area contributed by atoms with Gasteiger partial charge in [-0.05, 0) is 53.0 Å². The smallest absolute Gasteiger partial charge is 0.268 e. The van der Waals surface area contributed by atoms with E-state index in [0.717, 1.165) is 23.0 Å². The SMILES string of the molecule is CCCn1cc(Br)cc1C(=O)NC(C)c1cccc(O)c1. The predicted octanol–water partition coefficient (Wildman–Crippen LogP) is 3.86. The molecule has 1 unspecified atom stereocenters. The molecular weight excluding hydrogens is 332 g/mol. The number of carbonyl (C=O) groups is 1. The number of aromatic hydroxyl groups is 1. The predicted molar refractivity (Wildman–Crippen MR) is 86.4 cm³/mol. The summed E-state index contributed by atoms with van der Waals surface area (Å²) >= 11 is 3.41. The van der Waals surface area contributed by atoms with E-state index in [0.29, 0.717) is 5.69 Å². The zero-order valence-corrected chi connectivity index (χ0v) is 13.7. The van der Waals surface area contributed by atoms with E-state index < -0.39 is 0 Å². The van der Waals surface area contributed by atoms with Crippen molar-refractivity contribution in [3.8, 4) is 5.75 Å². The Labute approximate surface area is 132 Å². The van der Waals surface area contributed by atoms with Crippen LogP contribution in [0.1, 0.15) is 42.4 Å². The van der Waals surface area contributed by atoms with Crippen LogP contribution in [-0.2, 0) is 6.54 Å². The van der Waals surface area contributed by atoms with E-state index in [1.807, 2.05) is 29.8 Å². The number of hydrogen-bond acceptors (Lipinski definition) is 2. The van der Waals surface area contributed by atoms with E-state index in [4.69, 9.17) is 0 Å². The number of rotatable bonds is 5. The number of halogens is 1. The Morgan fingerprint density at radius 1 is 1.43 bits per heavy atom. The third kappa shape index (κ3) is 3.88. The van der Waals surface area contributed by atoms with Gasteiger partial charge in [0.1, 0.15) is 11.4 Å². The first-order valence-electron chi connectivity index (χ1n) is 6.96. The number of carbonyl (C=O) groups excluding carboxylic acids is 1. The molecule has 2 aromatic rings. The van der Waals surface area contributed by atoms with E-state index in [9.17, 15) is 9.90 Å². The molecule has 0 aliphatic carbocycles. The minimum Gasteiger partial charge on any atom is -0.508 e. The summed E-state index contributed by atoms with van der Waals surface area (Å²) < 4.78 is 2.83. The standard InChI is InChI=1S/C16H19BrN2O2/c1-3-7-19-10-13(17)9-15(19)16(21)18-11(2)12-5-4-6-14(20)8-12/h4-6,8-11,20H,3,7H2,1-2H3,(H,18,21). The lowest BCUT2D eigenvalue weighted by Crippen LogP contribution is -2.28. The van der Waals surface area contributed by atoms with Gasteiger partial charge < -0.3 is 15.0 Å². The molecule has 1 aromatic carbocycles. The highest BCUT2D eigenvalue weighted by Crippen LogP contribution is 2.20. The molecule has 0 saturated carbocycles. The van der Waals surface area contributed by atoms with Gasteiger partial charge >= 0.3 is 0 Å². The van der Waals surface area contributed by atoms with E-state index >= 15 is 0 Å². The van der Waals surface area contributed by atoms with E-state index in [1.165, 1.54) is 0 Å². The van der Waals surface area contributed by atoms with Gasteiger partial charge in [0.05, 0.1) is 6.04 Å². The second-order valence-corrected chi connectivity index (χ2v) is 5.94. The van der Waals surface area contributed by atoms with E-state index in [1.54, 1.807) is 18.2 Å². The Hall–Kier alpha value is -1.75. The van der Waals surface area contributed by atoms with Crippen LogP contribution in [0, 0.1) is 0 Å². The summed E-state index contributed by atoms with van der Waals surface area (Å²) in [6, 6.07) is 8.57. The summed E-state index contributed by atoms with van der Waals surface area (Å²) in [6.07, 6.45) is 2.88. The molecule has 0 saturated heterocycles. The van der Waals surface area contributed by atoms with Crippen LogP contribution in [0.15, 0.2) is 41.0 Å². The van der Waals surface area contributed by atoms with Gasteiger partial charge in [-0.1, -0.05) is 19.1 Å². The summed E-state index contributed by atoms with van der Waals surface area (Å²) in [6.45, 7) is 4.77. The zero-order chi connectivity index (χ0) is 15.4. The molecule has 1 aromatic heterocycles. The van der Waals surface area contributed by atoms with Crippen LogP contribution in [0.3, 0.4) is 0 Å². The molecule has 1 atom stereocenters. The Bertz CT molecular complexity index is 637. The maximum absolute atomic E-state index is 12.4. The van der Waals surface area contributed by atoms with Crippen molar-refractivity contribution in [1.82, 2.24) is 9.88 Å². The molecule has 0 spiro atoms. The number of nitrogens with one attached hydrogen (secondary N) is 1. The second-order valence-electron chi connectivity index (χ2n) is 5.03. The second kappa shape index (κ2) is 6.80. The minimum absolute atomic E-state index is 0.120. The number of phenols is 1. The molecule has 2 rings (SSSR count). The van der Waals surface area contributed by atoms with Crippen LogP contribution >= 0.6 is 15.9 Å². The topological polar surface area (TPSA) is 54.3 Å².